The summed E-state index contributed by atoms with van der Waals surface area (Å²) in [4.78, 5) is 15.4. The number of allylic oxidation sites excluding steroid dienone is 2. The molecule has 0 unspecified atom stereocenters. The molecule has 0 aliphatic carbocycles. The van der Waals surface area contributed by atoms with Gasteiger partial charge in [-0.3, -0.25) is 4.79 Å². The molecule has 0 saturated carbocycles. The van der Waals surface area contributed by atoms with Gasteiger partial charge in [0.25, 0.3) is 15.9 Å². The number of hydrogen-bond acceptors (Lipinski definition) is 4. The van der Waals surface area contributed by atoms with Gasteiger partial charge in [0.2, 0.25) is 0 Å². The van der Waals surface area contributed by atoms with E-state index in [-0.39, 0.29) is 16.3 Å². The van der Waals surface area contributed by atoms with Crippen LogP contribution in [-0.2, 0) is 14.8 Å². The third-order valence-corrected chi connectivity index (χ3v) is 5.69. The molecule has 0 saturated heterocycles. The zero-order valence-electron chi connectivity index (χ0n) is 14.7. The lowest BCUT2D eigenvalue weighted by atomic mass is 10.1. The molecule has 1 amide bonds. The molecule has 0 radical (unpaired) electrons. The molecule has 0 spiro atoms. The van der Waals surface area contributed by atoms with Gasteiger partial charge >= 0.3 is 0 Å². The van der Waals surface area contributed by atoms with Crippen LogP contribution < -0.4 is 4.72 Å². The molecule has 3 rings (SSSR count). The Hall–Kier alpha value is -2.91. The summed E-state index contributed by atoms with van der Waals surface area (Å²) >= 11 is 5.74. The molecule has 0 atom stereocenters. The number of rotatable bonds is 4. The molecule has 10 heteroatoms. The van der Waals surface area contributed by atoms with Crippen molar-refractivity contribution < 1.29 is 26.4 Å². The minimum Gasteiger partial charge on any atom is -0.266 e. The average molecular weight is 441 g/mol. The first-order chi connectivity index (χ1) is 13.6. The predicted molar refractivity (Wildman–Crippen MR) is 102 cm³/mol. The van der Waals surface area contributed by atoms with Crippen molar-refractivity contribution in [3.05, 3.63) is 81.8 Å². The summed E-state index contributed by atoms with van der Waals surface area (Å²) < 4.78 is 66.9. The maximum Gasteiger partial charge on any atom is 0.283 e. The van der Waals surface area contributed by atoms with E-state index in [1.54, 1.807) is 4.72 Å². The Bertz CT molecular complexity index is 1180. The van der Waals surface area contributed by atoms with Gasteiger partial charge in [-0.25, -0.2) is 31.3 Å². The van der Waals surface area contributed by atoms with Gasteiger partial charge in [-0.15, -0.1) is 0 Å². The topological polar surface area (TPSA) is 75.6 Å². The lowest BCUT2D eigenvalue weighted by Gasteiger charge is -2.08. The van der Waals surface area contributed by atoms with Crippen LogP contribution in [0.15, 0.2) is 63.6 Å². The van der Waals surface area contributed by atoms with Crippen molar-refractivity contribution in [3.8, 4) is 0 Å². The lowest BCUT2D eigenvalue weighted by Crippen LogP contribution is -2.32. The summed E-state index contributed by atoms with van der Waals surface area (Å²) in [6.45, 7) is 1.53. The predicted octanol–water partition coefficient (Wildman–Crippen LogP) is 4.00. The van der Waals surface area contributed by atoms with Crippen LogP contribution in [0.25, 0.3) is 6.08 Å². The maximum absolute atomic E-state index is 13.9. The monoisotopic (exact) mass is 440 g/mol. The highest BCUT2D eigenvalue weighted by atomic mass is 35.5. The van der Waals surface area contributed by atoms with Crippen molar-refractivity contribution in [2.45, 2.75) is 11.8 Å². The van der Waals surface area contributed by atoms with E-state index < -0.39 is 38.3 Å². The number of hydrogen-bond donors (Lipinski definition) is 1. The summed E-state index contributed by atoms with van der Waals surface area (Å²) in [6, 6.07) is 6.16. The third-order valence-electron chi connectivity index (χ3n) is 3.85. The number of carbonyl (C=O) groups is 1. The van der Waals surface area contributed by atoms with Crippen LogP contribution >= 0.6 is 11.6 Å². The van der Waals surface area contributed by atoms with E-state index in [2.05, 4.69) is 4.99 Å². The van der Waals surface area contributed by atoms with Gasteiger partial charge < -0.3 is 0 Å². The summed E-state index contributed by atoms with van der Waals surface area (Å²) in [5.74, 6) is -3.79. The van der Waals surface area contributed by atoms with Crippen molar-refractivity contribution in [3.63, 3.8) is 0 Å². The fourth-order valence-electron chi connectivity index (χ4n) is 2.59. The van der Waals surface area contributed by atoms with Crippen LogP contribution in [0.4, 0.5) is 13.2 Å². The molecule has 1 heterocycles. The van der Waals surface area contributed by atoms with Crippen LogP contribution in [0.1, 0.15) is 12.5 Å². The largest absolute Gasteiger partial charge is 0.283 e. The number of benzene rings is 2. The molecule has 2 aromatic rings. The van der Waals surface area contributed by atoms with Gasteiger partial charge in [0.15, 0.2) is 0 Å². The second-order valence-electron chi connectivity index (χ2n) is 6.01. The van der Waals surface area contributed by atoms with Crippen molar-refractivity contribution in [2.75, 3.05) is 0 Å². The van der Waals surface area contributed by atoms with E-state index in [0.717, 1.165) is 18.2 Å². The molecule has 29 heavy (non-hydrogen) atoms. The van der Waals surface area contributed by atoms with E-state index >= 15 is 0 Å². The molecule has 5 nitrogen and oxygen atoms in total. The molecule has 2 aromatic carbocycles. The molecule has 0 fully saturated rings. The Labute approximate surface area is 169 Å². The standard InChI is InChI=1S/C19H12ClF3N2O3S/c1-10-12(5-11-6-13(21)9-14(22)7-11)8-17(24-10)19(26)25-29(27,28)18-15(20)3-2-4-16(18)23/h2-9H,1H3,(H,25,26). The first-order valence-corrected chi connectivity index (χ1v) is 9.89. The summed E-state index contributed by atoms with van der Waals surface area (Å²) in [5.41, 5.74) is 0.583. The van der Waals surface area contributed by atoms with E-state index in [9.17, 15) is 26.4 Å². The van der Waals surface area contributed by atoms with Gasteiger partial charge in [-0.2, -0.15) is 0 Å². The van der Waals surface area contributed by atoms with Crippen molar-refractivity contribution in [1.29, 1.82) is 0 Å². The highest BCUT2D eigenvalue weighted by molar-refractivity contribution is 7.90. The average Bonchev–Trinajstić information content (AvgIpc) is 2.94. The molecular weight excluding hydrogens is 429 g/mol. The summed E-state index contributed by atoms with van der Waals surface area (Å²) in [6.07, 6.45) is 2.62. The fraction of sp³-hybridized carbons (Fsp3) is 0.0526. The Kier molecular flexibility index (Phi) is 5.63. The second kappa shape index (κ2) is 7.84. The van der Waals surface area contributed by atoms with Gasteiger partial charge in [0.1, 0.15) is 28.0 Å². The minimum atomic E-state index is -4.60. The summed E-state index contributed by atoms with van der Waals surface area (Å²) in [5, 5.41) is -0.390. The van der Waals surface area contributed by atoms with Crippen LogP contribution in [-0.4, -0.2) is 20.0 Å². The number of aliphatic imine (C=N–C) groups is 1. The van der Waals surface area contributed by atoms with Crippen LogP contribution in [0.3, 0.4) is 0 Å². The zero-order valence-corrected chi connectivity index (χ0v) is 16.3. The van der Waals surface area contributed by atoms with Crippen LogP contribution in [0, 0.1) is 17.5 Å². The Morgan fingerprint density at radius 3 is 2.41 bits per heavy atom. The number of carbonyl (C=O) groups excluding carboxylic acids is 1. The van der Waals surface area contributed by atoms with Gasteiger partial charge in [-0.05, 0) is 54.5 Å². The molecule has 150 valence electrons. The van der Waals surface area contributed by atoms with Crippen LogP contribution in [0.5, 0.6) is 0 Å². The normalized spacial score (nSPS) is 15.3. The Morgan fingerprint density at radius 1 is 1.14 bits per heavy atom. The van der Waals surface area contributed by atoms with Crippen molar-refractivity contribution in [1.82, 2.24) is 4.72 Å². The fourth-order valence-corrected chi connectivity index (χ4v) is 4.16. The third kappa shape index (κ3) is 4.57. The smallest absolute Gasteiger partial charge is 0.266 e. The quantitative estimate of drug-likeness (QED) is 0.780. The lowest BCUT2D eigenvalue weighted by molar-refractivity contribution is -0.115. The Balaban J connectivity index is 1.88. The van der Waals surface area contributed by atoms with Gasteiger partial charge in [-0.1, -0.05) is 17.7 Å². The van der Waals surface area contributed by atoms with Gasteiger partial charge in [0.05, 0.1) is 5.02 Å². The maximum atomic E-state index is 13.9. The van der Waals surface area contributed by atoms with Crippen molar-refractivity contribution in [2.24, 2.45) is 4.99 Å². The molecule has 1 aliphatic rings. The molecule has 1 aliphatic heterocycles. The first kappa shape index (κ1) is 20.8. The van der Waals surface area contributed by atoms with E-state index in [1.165, 1.54) is 31.2 Å². The number of nitrogens with one attached hydrogen (secondary N) is 1. The molecule has 1 N–H and O–H groups in total. The first-order valence-electron chi connectivity index (χ1n) is 8.03. The number of sulfonamides is 1. The molecule has 0 aromatic heterocycles. The number of amides is 1. The zero-order chi connectivity index (χ0) is 21.3. The van der Waals surface area contributed by atoms with Gasteiger partial charge in [0, 0.05) is 11.8 Å². The van der Waals surface area contributed by atoms with E-state index in [1.807, 2.05) is 0 Å². The number of halogens is 4. The molecule has 0 bridgehead atoms. The van der Waals surface area contributed by atoms with Crippen LogP contribution in [0.2, 0.25) is 5.02 Å². The Morgan fingerprint density at radius 2 is 1.79 bits per heavy atom. The highest BCUT2D eigenvalue weighted by Gasteiger charge is 2.27. The number of nitrogens with zero attached hydrogens (tertiary/aromatic N) is 1. The summed E-state index contributed by atoms with van der Waals surface area (Å²) in [7, 11) is -4.60. The van der Waals surface area contributed by atoms with Crippen molar-refractivity contribution >= 4 is 39.3 Å². The highest BCUT2D eigenvalue weighted by Crippen LogP contribution is 2.25. The van der Waals surface area contributed by atoms with E-state index in [4.69, 9.17) is 11.6 Å². The molecular formula is C19H12ClF3N2O3S. The minimum absolute atomic E-state index is 0.190. The second-order valence-corrected chi connectivity index (χ2v) is 8.04. The SMILES string of the molecule is CC1=NC(C(=O)NS(=O)(=O)c2c(F)cccc2Cl)=CC1=Cc1cc(F)cc(F)c1. The van der Waals surface area contributed by atoms with E-state index in [0.29, 0.717) is 17.4 Å².